The Bertz CT molecular complexity index is 429. The van der Waals surface area contributed by atoms with Crippen LogP contribution in [-0.2, 0) is 6.18 Å². The smallest absolute Gasteiger partial charge is 0.324 e. The van der Waals surface area contributed by atoms with E-state index in [1.807, 2.05) is 0 Å². The van der Waals surface area contributed by atoms with Gasteiger partial charge < -0.3 is 5.73 Å². The Morgan fingerprint density at radius 3 is 2.29 bits per heavy atom. The molecular weight excluding hydrogens is 282 g/mol. The molecule has 0 radical (unpaired) electrons. The van der Waals surface area contributed by atoms with Crippen molar-refractivity contribution in [2.45, 2.75) is 64.1 Å². The first-order chi connectivity index (χ1) is 9.86. The molecule has 1 atom stereocenters. The number of hydrogen-bond donors (Lipinski definition) is 1. The number of hydrogen-bond acceptors (Lipinski definition) is 1. The first kappa shape index (κ1) is 18.0. The number of alkyl halides is 3. The van der Waals surface area contributed by atoms with Crippen LogP contribution >= 0.6 is 0 Å². The average Bonchev–Trinajstić information content (AvgIpc) is 2.41. The van der Waals surface area contributed by atoms with E-state index < -0.39 is 23.6 Å². The molecule has 0 fully saturated rings. The van der Waals surface area contributed by atoms with Crippen LogP contribution in [0, 0.1) is 5.82 Å². The second-order valence-electron chi connectivity index (χ2n) is 5.40. The molecule has 1 aromatic carbocycles. The van der Waals surface area contributed by atoms with E-state index in [4.69, 9.17) is 5.73 Å². The Hall–Kier alpha value is -1.10. The van der Waals surface area contributed by atoms with Crippen LogP contribution in [0.4, 0.5) is 17.6 Å². The fourth-order valence-corrected chi connectivity index (χ4v) is 2.30. The molecule has 0 aromatic heterocycles. The van der Waals surface area contributed by atoms with E-state index >= 15 is 0 Å². The van der Waals surface area contributed by atoms with Crippen molar-refractivity contribution in [3.63, 3.8) is 0 Å². The van der Waals surface area contributed by atoms with Crippen LogP contribution in [0.25, 0.3) is 0 Å². The van der Waals surface area contributed by atoms with Crippen molar-refractivity contribution in [2.24, 2.45) is 5.73 Å². The standard InChI is InChI=1S/C16H23F4N/c1-2-3-4-5-6-7-8-15(21)12-9-10-14(17)13(11-12)16(18,19)20/h9-11,15H,2-8,21H2,1H3. The van der Waals surface area contributed by atoms with Gasteiger partial charge in [-0.15, -0.1) is 0 Å². The molecule has 0 aliphatic carbocycles. The summed E-state index contributed by atoms with van der Waals surface area (Å²) in [4.78, 5) is 0. The third-order valence-corrected chi connectivity index (χ3v) is 3.59. The first-order valence-electron chi connectivity index (χ1n) is 7.48. The molecule has 2 N–H and O–H groups in total. The normalized spacial score (nSPS) is 13.4. The summed E-state index contributed by atoms with van der Waals surface area (Å²) in [5.74, 6) is -1.25. The number of halogens is 4. The summed E-state index contributed by atoms with van der Waals surface area (Å²) in [6.07, 6.45) is 2.53. The number of rotatable bonds is 8. The maximum Gasteiger partial charge on any atom is 0.419 e. The van der Waals surface area contributed by atoms with E-state index in [0.29, 0.717) is 12.0 Å². The fraction of sp³-hybridized carbons (Fsp3) is 0.625. The quantitative estimate of drug-likeness (QED) is 0.491. The van der Waals surface area contributed by atoms with Crippen LogP contribution < -0.4 is 5.73 Å². The highest BCUT2D eigenvalue weighted by Gasteiger charge is 2.34. The Morgan fingerprint density at radius 1 is 1.05 bits per heavy atom. The van der Waals surface area contributed by atoms with Gasteiger partial charge in [0.05, 0.1) is 5.56 Å². The van der Waals surface area contributed by atoms with Crippen LogP contribution in [-0.4, -0.2) is 0 Å². The molecule has 0 aliphatic heterocycles. The second-order valence-corrected chi connectivity index (χ2v) is 5.40. The minimum Gasteiger partial charge on any atom is -0.324 e. The molecule has 0 saturated carbocycles. The van der Waals surface area contributed by atoms with E-state index in [0.717, 1.165) is 31.4 Å². The largest absolute Gasteiger partial charge is 0.419 e. The Balaban J connectivity index is 2.53. The summed E-state index contributed by atoms with van der Waals surface area (Å²) in [5.41, 5.74) is 5.02. The molecule has 1 nitrogen and oxygen atoms in total. The molecule has 1 unspecified atom stereocenters. The van der Waals surface area contributed by atoms with Gasteiger partial charge in [0.1, 0.15) is 5.82 Å². The van der Waals surface area contributed by atoms with Gasteiger partial charge in [0, 0.05) is 6.04 Å². The van der Waals surface area contributed by atoms with Gasteiger partial charge in [-0.2, -0.15) is 13.2 Å². The molecule has 0 spiro atoms. The molecule has 5 heteroatoms. The molecule has 0 saturated heterocycles. The topological polar surface area (TPSA) is 26.0 Å². The summed E-state index contributed by atoms with van der Waals surface area (Å²) >= 11 is 0. The number of nitrogens with two attached hydrogens (primary N) is 1. The third kappa shape index (κ3) is 6.04. The summed E-state index contributed by atoms with van der Waals surface area (Å²) in [5, 5.41) is 0. The lowest BCUT2D eigenvalue weighted by Crippen LogP contribution is -2.14. The van der Waals surface area contributed by atoms with Crippen molar-refractivity contribution < 1.29 is 17.6 Å². The van der Waals surface area contributed by atoms with Crippen molar-refractivity contribution >= 4 is 0 Å². The van der Waals surface area contributed by atoms with Crippen LogP contribution in [0.15, 0.2) is 18.2 Å². The van der Waals surface area contributed by atoms with Crippen molar-refractivity contribution in [2.75, 3.05) is 0 Å². The van der Waals surface area contributed by atoms with Crippen molar-refractivity contribution in [3.05, 3.63) is 35.1 Å². The summed E-state index contributed by atoms with van der Waals surface area (Å²) in [6.45, 7) is 2.14. The van der Waals surface area contributed by atoms with Crippen molar-refractivity contribution in [1.29, 1.82) is 0 Å². The zero-order valence-electron chi connectivity index (χ0n) is 12.3. The van der Waals surface area contributed by atoms with Gasteiger partial charge in [-0.3, -0.25) is 0 Å². The minimum absolute atomic E-state index is 0.345. The zero-order chi connectivity index (χ0) is 15.9. The molecule has 1 aromatic rings. The maximum absolute atomic E-state index is 13.2. The number of unbranched alkanes of at least 4 members (excludes halogenated alkanes) is 5. The van der Waals surface area contributed by atoms with Crippen LogP contribution in [0.3, 0.4) is 0 Å². The SMILES string of the molecule is CCCCCCCCC(N)c1ccc(F)c(C(F)(F)F)c1. The lowest BCUT2D eigenvalue weighted by molar-refractivity contribution is -0.140. The van der Waals surface area contributed by atoms with E-state index in [-0.39, 0.29) is 0 Å². The molecule has 0 aliphatic rings. The Morgan fingerprint density at radius 2 is 1.67 bits per heavy atom. The molecule has 0 amide bonds. The van der Waals surface area contributed by atoms with Crippen LogP contribution in [0.2, 0.25) is 0 Å². The van der Waals surface area contributed by atoms with E-state index in [1.54, 1.807) is 0 Å². The van der Waals surface area contributed by atoms with Crippen LogP contribution in [0.5, 0.6) is 0 Å². The summed E-state index contributed by atoms with van der Waals surface area (Å²) in [7, 11) is 0. The van der Waals surface area contributed by atoms with E-state index in [9.17, 15) is 17.6 Å². The molecule has 21 heavy (non-hydrogen) atoms. The summed E-state index contributed by atoms with van der Waals surface area (Å²) < 4.78 is 51.1. The summed E-state index contributed by atoms with van der Waals surface area (Å²) in [6, 6.07) is 2.54. The van der Waals surface area contributed by atoms with Crippen molar-refractivity contribution in [1.82, 2.24) is 0 Å². The molecule has 0 bridgehead atoms. The predicted molar refractivity (Wildman–Crippen MR) is 76.3 cm³/mol. The highest BCUT2D eigenvalue weighted by Crippen LogP contribution is 2.33. The fourth-order valence-electron chi connectivity index (χ4n) is 2.30. The Kier molecular flexibility index (Phi) is 7.15. The predicted octanol–water partition coefficient (Wildman–Crippen LogP) is 5.59. The molecule has 1 rings (SSSR count). The van der Waals surface area contributed by atoms with Crippen molar-refractivity contribution in [3.8, 4) is 0 Å². The van der Waals surface area contributed by atoms with Gasteiger partial charge in [-0.25, -0.2) is 4.39 Å². The Labute approximate surface area is 123 Å². The zero-order valence-corrected chi connectivity index (χ0v) is 12.3. The molecular formula is C16H23F4N. The highest BCUT2D eigenvalue weighted by atomic mass is 19.4. The number of benzene rings is 1. The molecule has 0 heterocycles. The third-order valence-electron chi connectivity index (χ3n) is 3.59. The maximum atomic E-state index is 13.2. The second kappa shape index (κ2) is 8.37. The van der Waals surface area contributed by atoms with E-state index in [1.165, 1.54) is 25.3 Å². The first-order valence-corrected chi connectivity index (χ1v) is 7.48. The van der Waals surface area contributed by atoms with Gasteiger partial charge in [0.25, 0.3) is 0 Å². The van der Waals surface area contributed by atoms with E-state index in [2.05, 4.69) is 6.92 Å². The van der Waals surface area contributed by atoms with Gasteiger partial charge >= 0.3 is 6.18 Å². The van der Waals surface area contributed by atoms with Gasteiger partial charge in [-0.05, 0) is 24.1 Å². The van der Waals surface area contributed by atoms with Crippen LogP contribution in [0.1, 0.15) is 69.0 Å². The lowest BCUT2D eigenvalue weighted by Gasteiger charge is -2.15. The monoisotopic (exact) mass is 305 g/mol. The average molecular weight is 305 g/mol. The minimum atomic E-state index is -4.68. The lowest BCUT2D eigenvalue weighted by atomic mass is 9.98. The van der Waals surface area contributed by atoms with Gasteiger partial charge in [-0.1, -0.05) is 51.5 Å². The molecule has 120 valence electrons. The van der Waals surface area contributed by atoms with Gasteiger partial charge in [0.15, 0.2) is 0 Å². The highest BCUT2D eigenvalue weighted by molar-refractivity contribution is 5.29. The van der Waals surface area contributed by atoms with Gasteiger partial charge in [0.2, 0.25) is 0 Å².